The van der Waals surface area contributed by atoms with Crippen LogP contribution in [0.2, 0.25) is 0 Å². The lowest BCUT2D eigenvalue weighted by Gasteiger charge is -2.35. The van der Waals surface area contributed by atoms with E-state index >= 15 is 0 Å². The van der Waals surface area contributed by atoms with Gasteiger partial charge in [0.1, 0.15) is 0 Å². The zero-order valence-corrected chi connectivity index (χ0v) is 11.8. The van der Waals surface area contributed by atoms with Gasteiger partial charge in [0.2, 0.25) is 11.8 Å². The highest BCUT2D eigenvalue weighted by Crippen LogP contribution is 2.24. The molecule has 94 valence electrons. The predicted molar refractivity (Wildman–Crippen MR) is 68.5 cm³/mol. The maximum Gasteiger partial charge on any atom is 0.232 e. The van der Waals surface area contributed by atoms with Crippen LogP contribution in [-0.2, 0) is 4.74 Å². The first kappa shape index (κ1) is 12.6. The van der Waals surface area contributed by atoms with Gasteiger partial charge in [-0.2, -0.15) is 4.98 Å². The van der Waals surface area contributed by atoms with Gasteiger partial charge in [-0.05, 0) is 29.8 Å². The highest BCUT2D eigenvalue weighted by Gasteiger charge is 2.24. The molecular weight excluding hydrogens is 286 g/mol. The highest BCUT2D eigenvalue weighted by atomic mass is 79.9. The Labute approximate surface area is 109 Å². The van der Waals surface area contributed by atoms with Gasteiger partial charge in [-0.25, -0.2) is 4.98 Å². The Morgan fingerprint density at radius 3 is 2.65 bits per heavy atom. The first-order chi connectivity index (χ1) is 8.10. The Balaban J connectivity index is 2.21. The first-order valence-electron chi connectivity index (χ1n) is 5.57. The van der Waals surface area contributed by atoms with Crippen molar-refractivity contribution in [3.8, 4) is 5.88 Å². The third-order valence-electron chi connectivity index (χ3n) is 2.60. The molecule has 6 heteroatoms. The van der Waals surface area contributed by atoms with Gasteiger partial charge in [-0.15, -0.1) is 0 Å². The molecule has 0 radical (unpaired) electrons. The summed E-state index contributed by atoms with van der Waals surface area (Å²) >= 11 is 3.35. The molecule has 0 amide bonds. The van der Waals surface area contributed by atoms with Crippen LogP contribution in [0.15, 0.2) is 10.7 Å². The van der Waals surface area contributed by atoms with E-state index in [2.05, 4.69) is 44.6 Å². The molecule has 0 spiro atoms. The lowest BCUT2D eigenvalue weighted by Crippen LogP contribution is -2.46. The molecule has 0 aliphatic carbocycles. The normalized spacial score (nSPS) is 24.8. The third-order valence-corrected chi connectivity index (χ3v) is 3.14. The van der Waals surface area contributed by atoms with Crippen LogP contribution < -0.4 is 9.64 Å². The van der Waals surface area contributed by atoms with Crippen LogP contribution in [0.5, 0.6) is 5.88 Å². The minimum Gasteiger partial charge on any atom is -0.480 e. The topological polar surface area (TPSA) is 47.5 Å². The smallest absolute Gasteiger partial charge is 0.232 e. The fraction of sp³-hybridized carbons (Fsp3) is 0.636. The quantitative estimate of drug-likeness (QED) is 0.834. The molecular formula is C11H16BrN3O2. The van der Waals surface area contributed by atoms with E-state index in [1.807, 2.05) is 0 Å². The van der Waals surface area contributed by atoms with Crippen LogP contribution in [-0.4, -0.2) is 42.4 Å². The maximum atomic E-state index is 5.68. The number of hydrogen-bond acceptors (Lipinski definition) is 5. The minimum absolute atomic E-state index is 0.192. The Morgan fingerprint density at radius 1 is 1.41 bits per heavy atom. The highest BCUT2D eigenvalue weighted by molar-refractivity contribution is 9.10. The lowest BCUT2D eigenvalue weighted by molar-refractivity contribution is -0.00575. The fourth-order valence-electron chi connectivity index (χ4n) is 1.98. The zero-order chi connectivity index (χ0) is 12.4. The second-order valence-corrected chi connectivity index (χ2v) is 5.04. The molecule has 1 aromatic heterocycles. The molecule has 0 unspecified atom stereocenters. The number of hydrogen-bond donors (Lipinski definition) is 0. The SMILES string of the molecule is COc1nc(N2C[C@@H](C)O[C@@H](C)C2)ncc1Br. The number of rotatable bonds is 2. The molecule has 1 aromatic rings. The second-order valence-electron chi connectivity index (χ2n) is 4.19. The van der Waals surface area contributed by atoms with Crippen LogP contribution in [0.3, 0.4) is 0 Å². The average Bonchev–Trinajstić information content (AvgIpc) is 2.28. The third kappa shape index (κ3) is 2.87. The van der Waals surface area contributed by atoms with E-state index in [1.165, 1.54) is 0 Å². The van der Waals surface area contributed by atoms with Crippen molar-refractivity contribution in [1.29, 1.82) is 0 Å². The Morgan fingerprint density at radius 2 is 2.06 bits per heavy atom. The van der Waals surface area contributed by atoms with E-state index in [0.29, 0.717) is 11.8 Å². The average molecular weight is 302 g/mol. The molecule has 5 nitrogen and oxygen atoms in total. The van der Waals surface area contributed by atoms with Crippen molar-refractivity contribution >= 4 is 21.9 Å². The van der Waals surface area contributed by atoms with E-state index in [1.54, 1.807) is 13.3 Å². The molecule has 1 aliphatic rings. The second kappa shape index (κ2) is 5.18. The van der Waals surface area contributed by atoms with Gasteiger partial charge in [-0.3, -0.25) is 0 Å². The van der Waals surface area contributed by atoms with Crippen LogP contribution in [0.25, 0.3) is 0 Å². The number of morpholine rings is 1. The van der Waals surface area contributed by atoms with Crippen molar-refractivity contribution in [2.24, 2.45) is 0 Å². The number of methoxy groups -OCH3 is 1. The van der Waals surface area contributed by atoms with Gasteiger partial charge in [0.15, 0.2) is 0 Å². The van der Waals surface area contributed by atoms with E-state index in [9.17, 15) is 0 Å². The van der Waals surface area contributed by atoms with Crippen LogP contribution >= 0.6 is 15.9 Å². The molecule has 0 saturated carbocycles. The number of aromatic nitrogens is 2. The molecule has 0 N–H and O–H groups in total. The van der Waals surface area contributed by atoms with Gasteiger partial charge in [-0.1, -0.05) is 0 Å². The first-order valence-corrected chi connectivity index (χ1v) is 6.36. The summed E-state index contributed by atoms with van der Waals surface area (Å²) < 4.78 is 11.6. The number of nitrogens with zero attached hydrogens (tertiary/aromatic N) is 3. The molecule has 2 rings (SSSR count). The summed E-state index contributed by atoms with van der Waals surface area (Å²) in [6.45, 7) is 5.71. The number of halogens is 1. The molecule has 2 atom stereocenters. The van der Waals surface area contributed by atoms with Crippen molar-refractivity contribution in [3.05, 3.63) is 10.7 Å². The van der Waals surface area contributed by atoms with E-state index in [0.717, 1.165) is 17.6 Å². The fourth-order valence-corrected chi connectivity index (χ4v) is 2.33. The summed E-state index contributed by atoms with van der Waals surface area (Å²) in [7, 11) is 1.60. The van der Waals surface area contributed by atoms with Crippen molar-refractivity contribution in [2.45, 2.75) is 26.1 Å². The van der Waals surface area contributed by atoms with Gasteiger partial charge in [0, 0.05) is 13.1 Å². The summed E-state index contributed by atoms with van der Waals surface area (Å²) in [5.41, 5.74) is 0. The monoisotopic (exact) mass is 301 g/mol. The predicted octanol–water partition coefficient (Wildman–Crippen LogP) is 1.86. The van der Waals surface area contributed by atoms with Gasteiger partial charge < -0.3 is 14.4 Å². The van der Waals surface area contributed by atoms with Crippen molar-refractivity contribution < 1.29 is 9.47 Å². The Bertz CT molecular complexity index is 392. The summed E-state index contributed by atoms with van der Waals surface area (Å²) in [4.78, 5) is 10.8. The largest absolute Gasteiger partial charge is 0.480 e. The summed E-state index contributed by atoms with van der Waals surface area (Å²) in [6.07, 6.45) is 2.10. The van der Waals surface area contributed by atoms with Crippen molar-refractivity contribution in [1.82, 2.24) is 9.97 Å². The molecule has 1 saturated heterocycles. The minimum atomic E-state index is 0.192. The van der Waals surface area contributed by atoms with E-state index < -0.39 is 0 Å². The van der Waals surface area contributed by atoms with Crippen molar-refractivity contribution in [3.63, 3.8) is 0 Å². The zero-order valence-electron chi connectivity index (χ0n) is 10.2. The molecule has 0 bridgehead atoms. The molecule has 0 aromatic carbocycles. The maximum absolute atomic E-state index is 5.68. The lowest BCUT2D eigenvalue weighted by atomic mass is 10.2. The molecule has 2 heterocycles. The summed E-state index contributed by atoms with van der Waals surface area (Å²) in [5.74, 6) is 1.24. The summed E-state index contributed by atoms with van der Waals surface area (Å²) in [5, 5.41) is 0. The molecule has 17 heavy (non-hydrogen) atoms. The Hall–Kier alpha value is -0.880. The number of anilines is 1. The van der Waals surface area contributed by atoms with Crippen LogP contribution in [0.1, 0.15) is 13.8 Å². The molecule has 1 fully saturated rings. The van der Waals surface area contributed by atoms with Gasteiger partial charge in [0.25, 0.3) is 0 Å². The van der Waals surface area contributed by atoms with Crippen LogP contribution in [0.4, 0.5) is 5.95 Å². The summed E-state index contributed by atoms with van der Waals surface area (Å²) in [6, 6.07) is 0. The van der Waals surface area contributed by atoms with E-state index in [4.69, 9.17) is 9.47 Å². The van der Waals surface area contributed by atoms with Crippen molar-refractivity contribution in [2.75, 3.05) is 25.1 Å². The Kier molecular flexibility index (Phi) is 3.83. The molecule has 1 aliphatic heterocycles. The van der Waals surface area contributed by atoms with Gasteiger partial charge in [0.05, 0.1) is 30.0 Å². The standard InChI is InChI=1S/C11H16BrN3O2/c1-7-5-15(6-8(2)17-7)11-13-4-9(12)10(14-11)16-3/h4,7-8H,5-6H2,1-3H3/t7-,8+. The van der Waals surface area contributed by atoms with Crippen LogP contribution in [0, 0.1) is 0 Å². The van der Waals surface area contributed by atoms with Gasteiger partial charge >= 0.3 is 0 Å². The number of ether oxygens (including phenoxy) is 2. The van der Waals surface area contributed by atoms with E-state index in [-0.39, 0.29) is 12.2 Å².